The van der Waals surface area contributed by atoms with E-state index < -0.39 is 23.5 Å². The highest BCUT2D eigenvalue weighted by Crippen LogP contribution is 2.38. The fourth-order valence-electron chi connectivity index (χ4n) is 7.99. The molecule has 2 aromatic rings. The van der Waals surface area contributed by atoms with E-state index in [1.807, 2.05) is 34.1 Å². The molecule has 3 amide bonds. The van der Waals surface area contributed by atoms with Gasteiger partial charge in [0, 0.05) is 50.5 Å². The Balaban J connectivity index is 1.17. The first-order chi connectivity index (χ1) is 22.6. The normalized spacial score (nSPS) is 21.9. The Morgan fingerprint density at radius 3 is 2.26 bits per heavy atom. The molecule has 0 saturated carbocycles. The minimum Gasteiger partial charge on any atom is -0.397 e. The number of urea groups is 1. The van der Waals surface area contributed by atoms with Crippen molar-refractivity contribution in [3.05, 3.63) is 58.1 Å². The zero-order chi connectivity index (χ0) is 33.1. The molecule has 12 heteroatoms. The lowest BCUT2D eigenvalue weighted by molar-refractivity contribution is -0.139. The van der Waals surface area contributed by atoms with E-state index in [2.05, 4.69) is 15.1 Å². The van der Waals surface area contributed by atoms with Crippen LogP contribution in [0.15, 0.2) is 36.4 Å². The van der Waals surface area contributed by atoms with Gasteiger partial charge < -0.3 is 25.8 Å². The van der Waals surface area contributed by atoms with Gasteiger partial charge in [0.15, 0.2) is 0 Å². The number of rotatable bonds is 6. The standard InChI is InChI=1S/C35H46ClF3N6O2/c36-29-22-24(21-28(32(29)40)35(37,38)39)23-31(33(46)44-18-10-26(11-19-44)42-14-5-1-2-6-15-42)43-16-12-27(13-17-43)45-20-9-25-7-3-4-8-30(25)41-34(45)47/h3-4,7-8,21-22,26-27,31H,1-2,5-6,9-20,23,40H2,(H,41,47). The van der Waals surface area contributed by atoms with Crippen molar-refractivity contribution in [2.24, 2.45) is 0 Å². The van der Waals surface area contributed by atoms with Crippen molar-refractivity contribution in [1.29, 1.82) is 0 Å². The van der Waals surface area contributed by atoms with Gasteiger partial charge in [-0.25, -0.2) is 4.79 Å². The van der Waals surface area contributed by atoms with Gasteiger partial charge in [-0.15, -0.1) is 0 Å². The van der Waals surface area contributed by atoms with E-state index in [1.54, 1.807) is 0 Å². The van der Waals surface area contributed by atoms with E-state index in [9.17, 15) is 22.8 Å². The van der Waals surface area contributed by atoms with Crippen LogP contribution in [0.3, 0.4) is 0 Å². The first-order valence-electron chi connectivity index (χ1n) is 17.2. The zero-order valence-corrected chi connectivity index (χ0v) is 27.7. The largest absolute Gasteiger partial charge is 0.418 e. The van der Waals surface area contributed by atoms with Crippen LogP contribution in [0.25, 0.3) is 0 Å². The van der Waals surface area contributed by atoms with Crippen LogP contribution in [0.5, 0.6) is 0 Å². The number of carbonyl (C=O) groups is 2. The summed E-state index contributed by atoms with van der Waals surface area (Å²) in [5.41, 5.74) is 6.53. The molecule has 3 fully saturated rings. The molecule has 0 spiro atoms. The molecule has 4 aliphatic heterocycles. The number of piperidine rings is 2. The third kappa shape index (κ3) is 7.84. The Bertz CT molecular complexity index is 1420. The molecule has 0 aromatic heterocycles. The second-order valence-corrected chi connectivity index (χ2v) is 14.0. The number of para-hydroxylation sites is 1. The summed E-state index contributed by atoms with van der Waals surface area (Å²) in [7, 11) is 0. The number of anilines is 2. The number of nitrogen functional groups attached to an aromatic ring is 1. The molecule has 1 unspecified atom stereocenters. The fraction of sp³-hybridized carbons (Fsp3) is 0.600. The van der Waals surface area contributed by atoms with Crippen LogP contribution in [-0.2, 0) is 23.8 Å². The monoisotopic (exact) mass is 674 g/mol. The van der Waals surface area contributed by atoms with Gasteiger partial charge in [0.2, 0.25) is 5.91 Å². The summed E-state index contributed by atoms with van der Waals surface area (Å²) in [5, 5.41) is 2.89. The van der Waals surface area contributed by atoms with E-state index in [0.717, 1.165) is 49.7 Å². The van der Waals surface area contributed by atoms with E-state index in [-0.39, 0.29) is 29.4 Å². The molecule has 0 bridgehead atoms. The molecule has 8 nitrogen and oxygen atoms in total. The van der Waals surface area contributed by atoms with Crippen molar-refractivity contribution in [2.45, 2.75) is 88.5 Å². The van der Waals surface area contributed by atoms with E-state index in [4.69, 9.17) is 17.3 Å². The van der Waals surface area contributed by atoms with Crippen molar-refractivity contribution in [3.63, 3.8) is 0 Å². The second kappa shape index (κ2) is 14.6. The average molecular weight is 675 g/mol. The highest BCUT2D eigenvalue weighted by molar-refractivity contribution is 6.33. The van der Waals surface area contributed by atoms with Gasteiger partial charge in [0.1, 0.15) is 0 Å². The van der Waals surface area contributed by atoms with Crippen LogP contribution < -0.4 is 11.1 Å². The maximum absolute atomic E-state index is 14.3. The molecule has 4 heterocycles. The quantitative estimate of drug-likeness (QED) is 0.353. The number of fused-ring (bicyclic) bond motifs is 1. The van der Waals surface area contributed by atoms with Gasteiger partial charge in [0.05, 0.1) is 22.3 Å². The first kappa shape index (κ1) is 33.9. The molecular weight excluding hydrogens is 629 g/mol. The Labute approximate surface area is 280 Å². The van der Waals surface area contributed by atoms with Crippen molar-refractivity contribution in [3.8, 4) is 0 Å². The summed E-state index contributed by atoms with van der Waals surface area (Å²) < 4.78 is 41.6. The van der Waals surface area contributed by atoms with Crippen LogP contribution >= 0.6 is 11.6 Å². The Morgan fingerprint density at radius 1 is 0.915 bits per heavy atom. The predicted molar refractivity (Wildman–Crippen MR) is 178 cm³/mol. The molecule has 6 rings (SSSR count). The van der Waals surface area contributed by atoms with E-state index >= 15 is 0 Å². The molecular formula is C35H46ClF3N6O2. The number of alkyl halides is 3. The van der Waals surface area contributed by atoms with Crippen LogP contribution in [-0.4, -0.2) is 95.5 Å². The number of halogens is 4. The molecule has 0 aliphatic carbocycles. The smallest absolute Gasteiger partial charge is 0.397 e. The van der Waals surface area contributed by atoms with Crippen molar-refractivity contribution < 1.29 is 22.8 Å². The molecule has 1 atom stereocenters. The van der Waals surface area contributed by atoms with Gasteiger partial charge in [-0.2, -0.15) is 13.2 Å². The molecule has 4 aliphatic rings. The van der Waals surface area contributed by atoms with Crippen LogP contribution in [0, 0.1) is 0 Å². The Kier molecular flexibility index (Phi) is 10.5. The lowest BCUT2D eigenvalue weighted by Crippen LogP contribution is -2.57. The number of nitrogens with zero attached hydrogens (tertiary/aromatic N) is 4. The van der Waals surface area contributed by atoms with Crippen LogP contribution in [0.1, 0.15) is 68.1 Å². The lowest BCUT2D eigenvalue weighted by Gasteiger charge is -2.43. The van der Waals surface area contributed by atoms with Gasteiger partial charge in [-0.3, -0.25) is 9.69 Å². The third-order valence-electron chi connectivity index (χ3n) is 10.7. The summed E-state index contributed by atoms with van der Waals surface area (Å²) in [6.07, 6.45) is 4.30. The van der Waals surface area contributed by atoms with Crippen molar-refractivity contribution in [1.82, 2.24) is 19.6 Å². The maximum Gasteiger partial charge on any atom is 0.418 e. The SMILES string of the molecule is Nc1c(Cl)cc(CC(C(=O)N2CCC(N3CCCCCC3)CC2)N2CCC(N3CCc4ccccc4NC3=O)CC2)cc1C(F)(F)F. The molecule has 256 valence electrons. The molecule has 3 N–H and O–H groups in total. The summed E-state index contributed by atoms with van der Waals surface area (Å²) in [5.74, 6) is -0.0535. The average Bonchev–Trinajstić information content (AvgIpc) is 3.44. The maximum atomic E-state index is 14.3. The van der Waals surface area contributed by atoms with E-state index in [1.165, 1.54) is 31.7 Å². The number of hydrogen-bond acceptors (Lipinski definition) is 5. The number of nitrogens with two attached hydrogens (primary N) is 1. The molecule has 3 saturated heterocycles. The highest BCUT2D eigenvalue weighted by Gasteiger charge is 2.39. The number of amides is 3. The minimum atomic E-state index is -4.66. The molecule has 0 radical (unpaired) electrons. The Hall–Kier alpha value is -3.02. The fourth-order valence-corrected chi connectivity index (χ4v) is 8.23. The van der Waals surface area contributed by atoms with Gasteiger partial charge in [0.25, 0.3) is 0 Å². The lowest BCUT2D eigenvalue weighted by atomic mass is 9.95. The number of carbonyl (C=O) groups excluding carboxylic acids is 2. The predicted octanol–water partition coefficient (Wildman–Crippen LogP) is 6.27. The third-order valence-corrected chi connectivity index (χ3v) is 11.0. The van der Waals surface area contributed by atoms with Crippen molar-refractivity contribution in [2.75, 3.05) is 56.9 Å². The summed E-state index contributed by atoms with van der Waals surface area (Å²) in [6.45, 7) is 5.20. The second-order valence-electron chi connectivity index (χ2n) is 13.6. The van der Waals surface area contributed by atoms with Gasteiger partial charge in [-0.05, 0) is 93.8 Å². The Morgan fingerprint density at radius 2 is 1.57 bits per heavy atom. The summed E-state index contributed by atoms with van der Waals surface area (Å²) in [4.78, 5) is 36.0. The number of benzene rings is 2. The zero-order valence-electron chi connectivity index (χ0n) is 26.9. The van der Waals surface area contributed by atoms with Crippen LogP contribution in [0.4, 0.5) is 29.3 Å². The number of nitrogens with one attached hydrogen (secondary N) is 1. The summed E-state index contributed by atoms with van der Waals surface area (Å²) >= 11 is 6.21. The van der Waals surface area contributed by atoms with Crippen molar-refractivity contribution >= 4 is 34.9 Å². The molecule has 47 heavy (non-hydrogen) atoms. The number of hydrogen-bond donors (Lipinski definition) is 2. The topological polar surface area (TPSA) is 85.2 Å². The van der Waals surface area contributed by atoms with Crippen LogP contribution in [0.2, 0.25) is 5.02 Å². The van der Waals surface area contributed by atoms with Gasteiger partial charge in [-0.1, -0.05) is 42.6 Å². The highest BCUT2D eigenvalue weighted by atomic mass is 35.5. The number of likely N-dealkylation sites (tertiary alicyclic amines) is 3. The molecule has 2 aromatic carbocycles. The van der Waals surface area contributed by atoms with Gasteiger partial charge >= 0.3 is 12.2 Å². The summed E-state index contributed by atoms with van der Waals surface area (Å²) in [6, 6.07) is 10.0. The van der Waals surface area contributed by atoms with E-state index in [0.29, 0.717) is 57.2 Å². The first-order valence-corrected chi connectivity index (χ1v) is 17.5. The minimum absolute atomic E-state index is 0.00323.